The minimum absolute atomic E-state index is 0.307. The first-order valence-corrected chi connectivity index (χ1v) is 5.18. The fourth-order valence-corrected chi connectivity index (χ4v) is 1.67. The average Bonchev–Trinajstić information content (AvgIpc) is 2.30. The van der Waals surface area contributed by atoms with Crippen LogP contribution in [-0.2, 0) is 11.2 Å². The standard InChI is InChI=1S/C13H9F2NO2/c14-10-3-1-8(2-4-10)11-7-16-12(15)5-9(11)6-13(17)18/h1-5,7H,6H2,(H,17,18). The summed E-state index contributed by atoms with van der Waals surface area (Å²) in [4.78, 5) is 14.2. The molecule has 0 amide bonds. The molecule has 0 fully saturated rings. The zero-order valence-electron chi connectivity index (χ0n) is 9.23. The number of carboxylic acids is 1. The molecule has 92 valence electrons. The molecule has 2 rings (SSSR count). The molecule has 0 saturated carbocycles. The fourth-order valence-electron chi connectivity index (χ4n) is 1.67. The maximum atomic E-state index is 13.0. The SMILES string of the molecule is O=C(O)Cc1cc(F)ncc1-c1ccc(F)cc1. The molecule has 3 nitrogen and oxygen atoms in total. The van der Waals surface area contributed by atoms with Crippen molar-refractivity contribution in [3.8, 4) is 11.1 Å². The third-order valence-electron chi connectivity index (χ3n) is 2.45. The molecule has 1 aromatic carbocycles. The van der Waals surface area contributed by atoms with Crippen LogP contribution < -0.4 is 0 Å². The Bertz CT molecular complexity index is 582. The van der Waals surface area contributed by atoms with Gasteiger partial charge in [0.05, 0.1) is 6.42 Å². The summed E-state index contributed by atoms with van der Waals surface area (Å²) in [6.07, 6.45) is 0.937. The van der Waals surface area contributed by atoms with Gasteiger partial charge in [-0.25, -0.2) is 9.37 Å². The largest absolute Gasteiger partial charge is 0.481 e. The first kappa shape index (κ1) is 12.2. The maximum Gasteiger partial charge on any atom is 0.307 e. The number of halogens is 2. The number of benzene rings is 1. The number of aliphatic carboxylic acids is 1. The molecule has 0 aliphatic heterocycles. The van der Waals surface area contributed by atoms with Crippen molar-refractivity contribution in [3.63, 3.8) is 0 Å². The Morgan fingerprint density at radius 3 is 2.50 bits per heavy atom. The first-order valence-electron chi connectivity index (χ1n) is 5.18. The number of carboxylic acid groups (broad SMARTS) is 1. The Morgan fingerprint density at radius 1 is 1.22 bits per heavy atom. The second-order valence-corrected chi connectivity index (χ2v) is 3.74. The Balaban J connectivity index is 2.49. The van der Waals surface area contributed by atoms with Gasteiger partial charge in [0.15, 0.2) is 0 Å². The molecule has 0 bridgehead atoms. The smallest absolute Gasteiger partial charge is 0.307 e. The predicted molar refractivity (Wildman–Crippen MR) is 60.9 cm³/mol. The summed E-state index contributed by atoms with van der Waals surface area (Å²) >= 11 is 0. The molecule has 0 spiro atoms. The van der Waals surface area contributed by atoms with E-state index in [1.54, 1.807) is 0 Å². The Kier molecular flexibility index (Phi) is 3.32. The van der Waals surface area contributed by atoms with Gasteiger partial charge < -0.3 is 5.11 Å². The van der Waals surface area contributed by atoms with E-state index in [4.69, 9.17) is 5.11 Å². The molecule has 1 N–H and O–H groups in total. The van der Waals surface area contributed by atoms with E-state index in [2.05, 4.69) is 4.98 Å². The quantitative estimate of drug-likeness (QED) is 0.851. The molecular weight excluding hydrogens is 240 g/mol. The van der Waals surface area contributed by atoms with Gasteiger partial charge in [0.2, 0.25) is 5.95 Å². The van der Waals surface area contributed by atoms with E-state index >= 15 is 0 Å². The van der Waals surface area contributed by atoms with Gasteiger partial charge >= 0.3 is 5.97 Å². The van der Waals surface area contributed by atoms with Crippen molar-refractivity contribution in [2.75, 3.05) is 0 Å². The summed E-state index contributed by atoms with van der Waals surface area (Å²) in [6.45, 7) is 0. The number of aromatic nitrogens is 1. The van der Waals surface area contributed by atoms with Crippen molar-refractivity contribution in [2.45, 2.75) is 6.42 Å². The molecule has 0 radical (unpaired) electrons. The molecule has 0 atom stereocenters. The molecule has 1 heterocycles. The number of rotatable bonds is 3. The van der Waals surface area contributed by atoms with Crippen LogP contribution in [0.2, 0.25) is 0 Å². The highest BCUT2D eigenvalue weighted by atomic mass is 19.1. The Labute approximate surface area is 102 Å². The topological polar surface area (TPSA) is 50.2 Å². The first-order chi connectivity index (χ1) is 8.56. The second kappa shape index (κ2) is 4.91. The van der Waals surface area contributed by atoms with Gasteiger partial charge in [-0.05, 0) is 29.3 Å². The molecular formula is C13H9F2NO2. The molecule has 2 aromatic rings. The van der Waals surface area contributed by atoms with Gasteiger partial charge in [-0.2, -0.15) is 4.39 Å². The van der Waals surface area contributed by atoms with Crippen molar-refractivity contribution < 1.29 is 18.7 Å². The van der Waals surface area contributed by atoms with Gasteiger partial charge in [0.1, 0.15) is 5.82 Å². The number of hydrogen-bond donors (Lipinski definition) is 1. The van der Waals surface area contributed by atoms with E-state index < -0.39 is 17.7 Å². The lowest BCUT2D eigenvalue weighted by atomic mass is 10.00. The monoisotopic (exact) mass is 249 g/mol. The lowest BCUT2D eigenvalue weighted by molar-refractivity contribution is -0.136. The molecule has 0 unspecified atom stereocenters. The van der Waals surface area contributed by atoms with Crippen LogP contribution in [0.1, 0.15) is 5.56 Å². The molecule has 5 heteroatoms. The summed E-state index contributed by atoms with van der Waals surface area (Å²) in [7, 11) is 0. The van der Waals surface area contributed by atoms with Crippen LogP contribution in [0.25, 0.3) is 11.1 Å². The Hall–Kier alpha value is -2.30. The highest BCUT2D eigenvalue weighted by Crippen LogP contribution is 2.24. The van der Waals surface area contributed by atoms with E-state index in [0.717, 1.165) is 6.07 Å². The van der Waals surface area contributed by atoms with Gasteiger partial charge in [-0.1, -0.05) is 12.1 Å². The summed E-state index contributed by atoms with van der Waals surface area (Å²) in [6, 6.07) is 6.57. The average molecular weight is 249 g/mol. The van der Waals surface area contributed by atoms with Crippen LogP contribution in [0, 0.1) is 11.8 Å². The maximum absolute atomic E-state index is 13.0. The molecule has 0 aliphatic rings. The summed E-state index contributed by atoms with van der Waals surface area (Å²) in [5, 5.41) is 8.77. The van der Waals surface area contributed by atoms with Crippen LogP contribution >= 0.6 is 0 Å². The van der Waals surface area contributed by atoms with Gasteiger partial charge in [-0.3, -0.25) is 4.79 Å². The van der Waals surface area contributed by atoms with Crippen LogP contribution in [0.3, 0.4) is 0 Å². The highest BCUT2D eigenvalue weighted by molar-refractivity contribution is 5.76. The van der Waals surface area contributed by atoms with Crippen molar-refractivity contribution in [1.29, 1.82) is 0 Å². The normalized spacial score (nSPS) is 10.3. The van der Waals surface area contributed by atoms with E-state index in [-0.39, 0.29) is 6.42 Å². The van der Waals surface area contributed by atoms with Crippen LogP contribution in [0.4, 0.5) is 8.78 Å². The fraction of sp³-hybridized carbons (Fsp3) is 0.0769. The second-order valence-electron chi connectivity index (χ2n) is 3.74. The molecule has 0 aliphatic carbocycles. The zero-order valence-corrected chi connectivity index (χ0v) is 9.23. The van der Waals surface area contributed by atoms with Gasteiger partial charge in [0.25, 0.3) is 0 Å². The lowest BCUT2D eigenvalue weighted by Crippen LogP contribution is -2.03. The van der Waals surface area contributed by atoms with E-state index in [1.807, 2.05) is 0 Å². The summed E-state index contributed by atoms with van der Waals surface area (Å²) < 4.78 is 25.8. The van der Waals surface area contributed by atoms with Crippen LogP contribution in [0.5, 0.6) is 0 Å². The number of nitrogens with zero attached hydrogens (tertiary/aromatic N) is 1. The van der Waals surface area contributed by atoms with Crippen LogP contribution in [0.15, 0.2) is 36.5 Å². The Morgan fingerprint density at radius 2 is 1.89 bits per heavy atom. The third-order valence-corrected chi connectivity index (χ3v) is 2.45. The van der Waals surface area contributed by atoms with Gasteiger partial charge in [0, 0.05) is 11.8 Å². The summed E-state index contributed by atoms with van der Waals surface area (Å²) in [5.41, 5.74) is 1.39. The number of carbonyl (C=O) groups is 1. The van der Waals surface area contributed by atoms with E-state index in [9.17, 15) is 13.6 Å². The minimum Gasteiger partial charge on any atom is -0.481 e. The van der Waals surface area contributed by atoms with Crippen molar-refractivity contribution in [2.24, 2.45) is 0 Å². The van der Waals surface area contributed by atoms with Crippen molar-refractivity contribution >= 4 is 5.97 Å². The van der Waals surface area contributed by atoms with Crippen molar-refractivity contribution in [3.05, 3.63) is 53.9 Å². The number of pyridine rings is 1. The minimum atomic E-state index is -1.07. The third kappa shape index (κ3) is 2.68. The number of hydrogen-bond acceptors (Lipinski definition) is 2. The zero-order chi connectivity index (χ0) is 13.1. The molecule has 1 aromatic heterocycles. The highest BCUT2D eigenvalue weighted by Gasteiger charge is 2.11. The van der Waals surface area contributed by atoms with Crippen molar-refractivity contribution in [1.82, 2.24) is 4.98 Å². The van der Waals surface area contributed by atoms with Gasteiger partial charge in [-0.15, -0.1) is 0 Å². The predicted octanol–water partition coefficient (Wildman–Crippen LogP) is 2.65. The molecule has 0 saturated heterocycles. The van der Waals surface area contributed by atoms with E-state index in [1.165, 1.54) is 30.5 Å². The lowest BCUT2D eigenvalue weighted by Gasteiger charge is -2.07. The van der Waals surface area contributed by atoms with E-state index in [0.29, 0.717) is 16.7 Å². The molecule has 18 heavy (non-hydrogen) atoms. The van der Waals surface area contributed by atoms with Crippen LogP contribution in [-0.4, -0.2) is 16.1 Å². The summed E-state index contributed by atoms with van der Waals surface area (Å²) in [5.74, 6) is -2.20.